The number of rotatable bonds is 3. The van der Waals surface area contributed by atoms with Gasteiger partial charge in [0.2, 0.25) is 0 Å². The second-order valence-electron chi connectivity index (χ2n) is 3.07. The first kappa shape index (κ1) is 18.9. The molecule has 98 valence electrons. The molecule has 9 heteroatoms. The van der Waals surface area contributed by atoms with Crippen molar-refractivity contribution in [3.63, 3.8) is 0 Å². The molecule has 0 amide bonds. The molecule has 0 fully saturated rings. The molecule has 0 unspecified atom stereocenters. The number of hydrogen-bond donors (Lipinski definition) is 0. The van der Waals surface area contributed by atoms with Crippen molar-refractivity contribution in [1.82, 2.24) is 4.98 Å². The molecular weight excluding hydrogens is 302 g/mol. The molecule has 0 aliphatic carbocycles. The number of hydrogen-bond acceptors (Lipinski definition) is 5. The molecule has 1 aromatic heterocycles. The quantitative estimate of drug-likeness (QED) is 0.278. The molecule has 0 aliphatic rings. The van der Waals surface area contributed by atoms with Crippen LogP contribution in [0.15, 0.2) is 5.95 Å². The third kappa shape index (κ3) is 3.72. The number of allylic oxidation sites excluding steroid dienone is 1. The number of pyridine rings is 1. The van der Waals surface area contributed by atoms with E-state index in [1.54, 1.807) is 0 Å². The molecule has 1 aromatic rings. The van der Waals surface area contributed by atoms with Crippen LogP contribution < -0.4 is 56.5 Å². The molecule has 0 saturated carbocycles. The Balaban J connectivity index is 0.00000361. The van der Waals surface area contributed by atoms with Gasteiger partial charge in [0.1, 0.15) is 12.1 Å². The van der Waals surface area contributed by atoms with E-state index in [0.717, 1.165) is 0 Å². The Morgan fingerprint density at radius 2 is 1.90 bits per heavy atom. The minimum absolute atomic E-state index is 0. The summed E-state index contributed by atoms with van der Waals surface area (Å²) < 4.78 is 44.6. The summed E-state index contributed by atoms with van der Waals surface area (Å²) in [6.07, 6.45) is 0. The van der Waals surface area contributed by atoms with Gasteiger partial charge in [-0.3, -0.25) is 0 Å². The monoisotopic (exact) mass is 307 g/mol. The van der Waals surface area contributed by atoms with Crippen LogP contribution in [0, 0.1) is 40.2 Å². The average molecular weight is 307 g/mol. The predicted octanol–water partition coefficient (Wildman–Crippen LogP) is -2.04. The van der Waals surface area contributed by atoms with E-state index >= 15 is 0 Å². The summed E-state index contributed by atoms with van der Waals surface area (Å²) in [7, 11) is 0. The fourth-order valence-corrected chi connectivity index (χ4v) is 1.21. The molecule has 20 heavy (non-hydrogen) atoms. The summed E-state index contributed by atoms with van der Waals surface area (Å²) >= 11 is 0. The molecule has 1 heterocycles. The van der Waals surface area contributed by atoms with Crippen molar-refractivity contribution in [1.29, 1.82) is 10.5 Å². The van der Waals surface area contributed by atoms with E-state index in [2.05, 4.69) is 9.72 Å². The van der Waals surface area contributed by atoms with Crippen molar-refractivity contribution in [3.05, 3.63) is 34.8 Å². The van der Waals surface area contributed by atoms with Crippen molar-refractivity contribution >= 4 is 5.57 Å². The van der Waals surface area contributed by atoms with E-state index < -0.39 is 40.4 Å². The van der Waals surface area contributed by atoms with E-state index in [4.69, 9.17) is 10.5 Å². The minimum atomic E-state index is -1.83. The fourth-order valence-electron chi connectivity index (χ4n) is 1.21. The zero-order valence-electron chi connectivity index (χ0n) is 10.5. The Labute approximate surface area is 154 Å². The number of nitriles is 2. The van der Waals surface area contributed by atoms with Crippen molar-refractivity contribution in [2.45, 2.75) is 6.92 Å². The molecule has 0 radical (unpaired) electrons. The van der Waals surface area contributed by atoms with Gasteiger partial charge >= 0.3 is 51.4 Å². The zero-order valence-corrected chi connectivity index (χ0v) is 13.6. The molecule has 0 atom stereocenters. The zero-order chi connectivity index (χ0) is 14.6. The molecule has 0 bridgehead atoms. The van der Waals surface area contributed by atoms with Gasteiger partial charge in [0.25, 0.3) is 5.95 Å². The first-order valence-electron chi connectivity index (χ1n) is 4.87. The maximum atomic E-state index is 13.7. The summed E-state index contributed by atoms with van der Waals surface area (Å²) in [6.45, 7) is 1.26. The van der Waals surface area contributed by atoms with Crippen LogP contribution in [0.2, 0.25) is 0 Å². The summed E-state index contributed by atoms with van der Waals surface area (Å²) in [5.41, 5.74) is -3.40. The summed E-state index contributed by atoms with van der Waals surface area (Å²) in [5.74, 6) is -6.53. The third-order valence-electron chi connectivity index (χ3n) is 1.99. The van der Waals surface area contributed by atoms with Crippen LogP contribution in [0.25, 0.3) is 5.57 Å². The molecule has 0 aliphatic heterocycles. The summed E-state index contributed by atoms with van der Waals surface area (Å²) in [6, 6.07) is 2.41. The number of nitrogens with zero attached hydrogens (tertiary/aromatic N) is 3. The van der Waals surface area contributed by atoms with Crippen LogP contribution >= 0.6 is 0 Å². The van der Waals surface area contributed by atoms with Gasteiger partial charge < -0.3 is 9.84 Å². The van der Waals surface area contributed by atoms with E-state index in [1.165, 1.54) is 19.1 Å². The van der Waals surface area contributed by atoms with Gasteiger partial charge in [-0.15, -0.1) is 0 Å². The number of aromatic nitrogens is 1. The SMILES string of the molecule is CCO/C([O-])=C(\C#N)c1c(F)c(F)nc(C#N)c1F.[K+]. The summed E-state index contributed by atoms with van der Waals surface area (Å²) in [5, 5.41) is 28.6. The standard InChI is InChI=1S/C11H6F3N3O2.K/c1-2-19-11(18)5(3-15)7-8(12)6(4-16)17-10(14)9(7)13;/h18H,2H2,1H3;/q;+1/p-1/b11-5+;. The first-order chi connectivity index (χ1) is 8.97. The normalized spacial score (nSPS) is 10.7. The van der Waals surface area contributed by atoms with Gasteiger partial charge in [0.05, 0.1) is 17.1 Å². The maximum absolute atomic E-state index is 13.7. The van der Waals surface area contributed by atoms with Crippen LogP contribution in [0.3, 0.4) is 0 Å². The van der Waals surface area contributed by atoms with E-state index in [0.29, 0.717) is 0 Å². The molecule has 0 N–H and O–H groups in total. The van der Waals surface area contributed by atoms with Gasteiger partial charge in [0.15, 0.2) is 17.3 Å². The second kappa shape index (κ2) is 8.24. The van der Waals surface area contributed by atoms with Gasteiger partial charge in [-0.05, 0) is 6.61 Å². The minimum Gasteiger partial charge on any atom is -0.613 e. The van der Waals surface area contributed by atoms with E-state index in [-0.39, 0.29) is 58.0 Å². The Hall–Kier alpha value is -1.10. The summed E-state index contributed by atoms with van der Waals surface area (Å²) in [4.78, 5) is 2.72. The van der Waals surface area contributed by atoms with Crippen molar-refractivity contribution in [3.8, 4) is 12.1 Å². The molecule has 0 aromatic carbocycles. The largest absolute Gasteiger partial charge is 1.00 e. The van der Waals surface area contributed by atoms with Crippen LogP contribution in [-0.2, 0) is 4.74 Å². The van der Waals surface area contributed by atoms with Gasteiger partial charge in [-0.25, -0.2) is 13.8 Å². The third-order valence-corrected chi connectivity index (χ3v) is 1.99. The maximum Gasteiger partial charge on any atom is 1.00 e. The topological polar surface area (TPSA) is 92.8 Å². The van der Waals surface area contributed by atoms with Crippen molar-refractivity contribution in [2.75, 3.05) is 6.61 Å². The Kier molecular flexibility index (Phi) is 7.79. The van der Waals surface area contributed by atoms with E-state index in [1.807, 2.05) is 0 Å². The van der Waals surface area contributed by atoms with Crippen LogP contribution in [-0.4, -0.2) is 11.6 Å². The van der Waals surface area contributed by atoms with Crippen LogP contribution in [0.5, 0.6) is 0 Å². The predicted molar refractivity (Wildman–Crippen MR) is 53.0 cm³/mol. The van der Waals surface area contributed by atoms with Gasteiger partial charge in [-0.2, -0.15) is 14.9 Å². The van der Waals surface area contributed by atoms with Gasteiger partial charge in [0, 0.05) is 0 Å². The molecule has 5 nitrogen and oxygen atoms in total. The smallest absolute Gasteiger partial charge is 0.613 e. The second-order valence-corrected chi connectivity index (χ2v) is 3.07. The van der Waals surface area contributed by atoms with Gasteiger partial charge in [-0.1, -0.05) is 6.92 Å². The number of halogens is 3. The van der Waals surface area contributed by atoms with Crippen LogP contribution in [0.1, 0.15) is 18.2 Å². The Morgan fingerprint density at radius 1 is 1.30 bits per heavy atom. The Morgan fingerprint density at radius 3 is 2.35 bits per heavy atom. The van der Waals surface area contributed by atoms with Crippen molar-refractivity contribution in [2.24, 2.45) is 0 Å². The first-order valence-corrected chi connectivity index (χ1v) is 4.87. The molecule has 0 spiro atoms. The molecule has 0 saturated heterocycles. The fraction of sp³-hybridized carbons (Fsp3) is 0.182. The Bertz CT molecular complexity index is 635. The van der Waals surface area contributed by atoms with E-state index in [9.17, 15) is 18.3 Å². The molecular formula is C11H5F3KN3O2. The molecule has 1 rings (SSSR count). The van der Waals surface area contributed by atoms with Crippen LogP contribution in [0.4, 0.5) is 13.2 Å². The average Bonchev–Trinajstić information content (AvgIpc) is 2.39. The van der Waals surface area contributed by atoms with Crippen molar-refractivity contribution < 1.29 is 74.4 Å². The number of ether oxygens (including phenoxy) is 1.